The number of hydrogen-bond donors (Lipinski definition) is 0. The van der Waals surface area contributed by atoms with Crippen molar-refractivity contribution < 1.29 is 9.53 Å². The van der Waals surface area contributed by atoms with Crippen LogP contribution in [0.15, 0.2) is 79.1 Å². The Morgan fingerprint density at radius 2 is 1.83 bits per heavy atom. The minimum absolute atomic E-state index is 0.0592. The SMILES string of the molecule is CN1CCN(C(=O)c2ccc(OCc3cccnc3)cc2)[C@H](c2ccccc2)C1. The molecule has 0 bridgehead atoms. The fourth-order valence-corrected chi connectivity index (χ4v) is 3.63. The molecule has 148 valence electrons. The van der Waals surface area contributed by atoms with Crippen LogP contribution in [0.2, 0.25) is 0 Å². The molecule has 1 fully saturated rings. The molecule has 1 aromatic heterocycles. The largest absolute Gasteiger partial charge is 0.489 e. The number of pyridine rings is 1. The van der Waals surface area contributed by atoms with Crippen molar-refractivity contribution in [3.8, 4) is 5.75 Å². The second-order valence-electron chi connectivity index (χ2n) is 7.36. The lowest BCUT2D eigenvalue weighted by Crippen LogP contribution is -2.49. The molecule has 1 atom stereocenters. The molecule has 0 saturated carbocycles. The summed E-state index contributed by atoms with van der Waals surface area (Å²) in [4.78, 5) is 21.6. The van der Waals surface area contributed by atoms with Crippen molar-refractivity contribution in [2.24, 2.45) is 0 Å². The molecule has 1 aliphatic rings. The number of benzene rings is 2. The van der Waals surface area contributed by atoms with Crippen LogP contribution < -0.4 is 4.74 Å². The smallest absolute Gasteiger partial charge is 0.254 e. The number of likely N-dealkylation sites (N-methyl/N-ethyl adjacent to an activating group) is 1. The highest BCUT2D eigenvalue weighted by molar-refractivity contribution is 5.94. The van der Waals surface area contributed by atoms with Gasteiger partial charge < -0.3 is 14.5 Å². The summed E-state index contributed by atoms with van der Waals surface area (Å²) in [5.74, 6) is 0.800. The monoisotopic (exact) mass is 387 g/mol. The maximum atomic E-state index is 13.2. The quantitative estimate of drug-likeness (QED) is 0.668. The first kappa shape index (κ1) is 19.2. The molecule has 5 nitrogen and oxygen atoms in total. The Hall–Kier alpha value is -3.18. The van der Waals surface area contributed by atoms with Crippen molar-refractivity contribution in [1.29, 1.82) is 0 Å². The van der Waals surface area contributed by atoms with Gasteiger partial charge in [-0.15, -0.1) is 0 Å². The highest BCUT2D eigenvalue weighted by atomic mass is 16.5. The van der Waals surface area contributed by atoms with Crippen LogP contribution in [0.25, 0.3) is 0 Å². The third-order valence-electron chi connectivity index (χ3n) is 5.26. The van der Waals surface area contributed by atoms with Crippen LogP contribution in [0.1, 0.15) is 27.5 Å². The van der Waals surface area contributed by atoms with E-state index in [1.807, 2.05) is 59.5 Å². The van der Waals surface area contributed by atoms with E-state index in [2.05, 4.69) is 29.1 Å². The van der Waals surface area contributed by atoms with Gasteiger partial charge in [-0.3, -0.25) is 9.78 Å². The van der Waals surface area contributed by atoms with Crippen LogP contribution in [0.5, 0.6) is 5.75 Å². The van der Waals surface area contributed by atoms with Crippen molar-refractivity contribution in [3.05, 3.63) is 95.8 Å². The Kier molecular flexibility index (Phi) is 5.86. The van der Waals surface area contributed by atoms with E-state index < -0.39 is 0 Å². The van der Waals surface area contributed by atoms with E-state index in [0.717, 1.165) is 24.4 Å². The molecule has 0 radical (unpaired) electrons. The van der Waals surface area contributed by atoms with Crippen LogP contribution in [-0.4, -0.2) is 47.4 Å². The van der Waals surface area contributed by atoms with Crippen LogP contribution in [0.3, 0.4) is 0 Å². The van der Waals surface area contributed by atoms with Gasteiger partial charge in [0.1, 0.15) is 12.4 Å². The van der Waals surface area contributed by atoms with Crippen molar-refractivity contribution in [3.63, 3.8) is 0 Å². The zero-order valence-corrected chi connectivity index (χ0v) is 16.6. The molecule has 1 saturated heterocycles. The van der Waals surface area contributed by atoms with E-state index in [1.54, 1.807) is 12.4 Å². The van der Waals surface area contributed by atoms with Gasteiger partial charge in [0.15, 0.2) is 0 Å². The summed E-state index contributed by atoms with van der Waals surface area (Å²) >= 11 is 0. The number of rotatable bonds is 5. The first-order valence-corrected chi connectivity index (χ1v) is 9.87. The van der Waals surface area contributed by atoms with E-state index >= 15 is 0 Å². The van der Waals surface area contributed by atoms with Gasteiger partial charge in [0.2, 0.25) is 0 Å². The molecular formula is C24H25N3O2. The highest BCUT2D eigenvalue weighted by Gasteiger charge is 2.30. The summed E-state index contributed by atoms with van der Waals surface area (Å²) < 4.78 is 5.81. The zero-order valence-electron chi connectivity index (χ0n) is 16.6. The van der Waals surface area contributed by atoms with Crippen molar-refractivity contribution in [2.45, 2.75) is 12.6 Å². The number of aromatic nitrogens is 1. The van der Waals surface area contributed by atoms with Gasteiger partial charge in [-0.25, -0.2) is 0 Å². The fourth-order valence-electron chi connectivity index (χ4n) is 3.63. The summed E-state index contributed by atoms with van der Waals surface area (Å²) in [5, 5.41) is 0. The van der Waals surface area contributed by atoms with E-state index in [1.165, 1.54) is 5.56 Å². The summed E-state index contributed by atoms with van der Waals surface area (Å²) in [5.41, 5.74) is 2.86. The number of piperazine rings is 1. The molecule has 0 unspecified atom stereocenters. The third-order valence-corrected chi connectivity index (χ3v) is 5.26. The minimum atomic E-state index is 0.0592. The molecule has 29 heavy (non-hydrogen) atoms. The zero-order chi connectivity index (χ0) is 20.1. The summed E-state index contributed by atoms with van der Waals surface area (Å²) in [6, 6.07) is 21.6. The summed E-state index contributed by atoms with van der Waals surface area (Å²) in [6.07, 6.45) is 3.53. The summed E-state index contributed by atoms with van der Waals surface area (Å²) in [6.45, 7) is 2.88. The predicted molar refractivity (Wildman–Crippen MR) is 113 cm³/mol. The third kappa shape index (κ3) is 4.63. The molecular weight excluding hydrogens is 362 g/mol. The van der Waals surface area contributed by atoms with E-state index in [0.29, 0.717) is 18.7 Å². The second kappa shape index (κ2) is 8.88. The number of carbonyl (C=O) groups excluding carboxylic acids is 1. The Balaban J connectivity index is 1.46. The van der Waals surface area contributed by atoms with Gasteiger partial charge in [-0.2, -0.15) is 0 Å². The second-order valence-corrected chi connectivity index (χ2v) is 7.36. The highest BCUT2D eigenvalue weighted by Crippen LogP contribution is 2.27. The minimum Gasteiger partial charge on any atom is -0.489 e. The molecule has 1 aliphatic heterocycles. The number of carbonyl (C=O) groups is 1. The van der Waals surface area contributed by atoms with Crippen LogP contribution in [-0.2, 0) is 6.61 Å². The Bertz CT molecular complexity index is 929. The molecule has 0 aliphatic carbocycles. The van der Waals surface area contributed by atoms with Gasteiger partial charge in [0.05, 0.1) is 6.04 Å². The molecule has 5 heteroatoms. The topological polar surface area (TPSA) is 45.7 Å². The standard InChI is InChI=1S/C24H25N3O2/c1-26-14-15-27(23(17-26)20-7-3-2-4-8-20)24(28)21-9-11-22(12-10-21)29-18-19-6-5-13-25-16-19/h2-13,16,23H,14-15,17-18H2,1H3/t23-/m0/s1. The van der Waals surface area contributed by atoms with E-state index in [9.17, 15) is 4.79 Å². The first-order valence-electron chi connectivity index (χ1n) is 9.87. The molecule has 0 N–H and O–H groups in total. The molecule has 3 aromatic rings. The number of ether oxygens (including phenoxy) is 1. The van der Waals surface area contributed by atoms with Crippen molar-refractivity contribution >= 4 is 5.91 Å². The molecule has 4 rings (SSSR count). The predicted octanol–water partition coefficient (Wildman–Crippen LogP) is 3.79. The maximum absolute atomic E-state index is 13.2. The number of nitrogens with zero attached hydrogens (tertiary/aromatic N) is 3. The maximum Gasteiger partial charge on any atom is 0.254 e. The van der Waals surface area contributed by atoms with Crippen molar-refractivity contribution in [1.82, 2.24) is 14.8 Å². The number of amides is 1. The van der Waals surface area contributed by atoms with Crippen molar-refractivity contribution in [2.75, 3.05) is 26.7 Å². The normalized spacial score (nSPS) is 17.1. The van der Waals surface area contributed by atoms with E-state index in [4.69, 9.17) is 4.74 Å². The van der Waals surface area contributed by atoms with Gasteiger partial charge >= 0.3 is 0 Å². The lowest BCUT2D eigenvalue weighted by atomic mass is 10.0. The Labute approximate surface area is 171 Å². The first-order chi connectivity index (χ1) is 14.2. The van der Waals surface area contributed by atoms with E-state index in [-0.39, 0.29) is 11.9 Å². The van der Waals surface area contributed by atoms with Gasteiger partial charge in [0.25, 0.3) is 5.91 Å². The van der Waals surface area contributed by atoms with Crippen LogP contribution >= 0.6 is 0 Å². The average Bonchev–Trinajstić information content (AvgIpc) is 2.79. The average molecular weight is 387 g/mol. The lowest BCUT2D eigenvalue weighted by molar-refractivity contribution is 0.0498. The van der Waals surface area contributed by atoms with Crippen LogP contribution in [0.4, 0.5) is 0 Å². The molecule has 1 amide bonds. The molecule has 2 aromatic carbocycles. The summed E-state index contributed by atoms with van der Waals surface area (Å²) in [7, 11) is 2.10. The van der Waals surface area contributed by atoms with Gasteiger partial charge in [-0.05, 0) is 42.9 Å². The van der Waals surface area contributed by atoms with Gasteiger partial charge in [0, 0.05) is 43.2 Å². The fraction of sp³-hybridized carbons (Fsp3) is 0.250. The molecule has 2 heterocycles. The Morgan fingerprint density at radius 3 is 2.55 bits per heavy atom. The van der Waals surface area contributed by atoms with Crippen LogP contribution in [0, 0.1) is 0 Å². The Morgan fingerprint density at radius 1 is 1.03 bits per heavy atom. The molecule has 0 spiro atoms. The van der Waals surface area contributed by atoms with Gasteiger partial charge in [-0.1, -0.05) is 36.4 Å². The lowest BCUT2D eigenvalue weighted by Gasteiger charge is -2.40. The number of hydrogen-bond acceptors (Lipinski definition) is 4.